The summed E-state index contributed by atoms with van der Waals surface area (Å²) in [5.41, 5.74) is 2.53. The van der Waals surface area contributed by atoms with Crippen molar-refractivity contribution in [3.05, 3.63) is 54.0 Å². The number of hydrogen-bond donors (Lipinski definition) is 1. The van der Waals surface area contributed by atoms with Crippen molar-refractivity contribution in [2.75, 3.05) is 6.54 Å². The van der Waals surface area contributed by atoms with Gasteiger partial charge in [0, 0.05) is 18.3 Å². The quantitative estimate of drug-likeness (QED) is 0.753. The molecule has 1 aliphatic carbocycles. The number of halogens is 1. The number of carbonyl (C=O) groups is 1. The average molecular weight is 340 g/mol. The first kappa shape index (κ1) is 17.6. The Hall–Kier alpha value is -2.23. The molecule has 1 N–H and O–H groups in total. The molecule has 0 saturated heterocycles. The van der Waals surface area contributed by atoms with Crippen LogP contribution in [0.2, 0.25) is 0 Å². The highest BCUT2D eigenvalue weighted by Crippen LogP contribution is 2.28. The second-order valence-corrected chi connectivity index (χ2v) is 6.88. The number of benzene rings is 1. The predicted octanol–water partition coefficient (Wildman–Crippen LogP) is 4.52. The van der Waals surface area contributed by atoms with Gasteiger partial charge < -0.3 is 5.32 Å². The van der Waals surface area contributed by atoms with E-state index >= 15 is 0 Å². The molecule has 3 nitrogen and oxygen atoms in total. The highest BCUT2D eigenvalue weighted by molar-refractivity contribution is 5.78. The summed E-state index contributed by atoms with van der Waals surface area (Å²) in [5, 5.41) is 3.00. The molecule has 0 spiro atoms. The van der Waals surface area contributed by atoms with Crippen LogP contribution in [0.5, 0.6) is 0 Å². The Morgan fingerprint density at radius 3 is 2.56 bits per heavy atom. The predicted molar refractivity (Wildman–Crippen MR) is 97.5 cm³/mol. The molecule has 132 valence electrons. The van der Waals surface area contributed by atoms with E-state index in [1.165, 1.54) is 44.2 Å². The smallest absolute Gasteiger partial charge is 0.224 e. The maximum atomic E-state index is 13.0. The van der Waals surface area contributed by atoms with E-state index in [0.29, 0.717) is 6.42 Å². The van der Waals surface area contributed by atoms with E-state index in [0.717, 1.165) is 35.7 Å². The Labute approximate surface area is 148 Å². The van der Waals surface area contributed by atoms with E-state index in [1.807, 2.05) is 12.1 Å². The molecule has 0 aliphatic heterocycles. The van der Waals surface area contributed by atoms with Crippen molar-refractivity contribution in [3.8, 4) is 11.3 Å². The zero-order valence-corrected chi connectivity index (χ0v) is 14.5. The SMILES string of the molecule is O=C(Cc1ccc(-c2ccc(F)cc2)nc1)NCCCC1CCCC1. The normalized spacial score (nSPS) is 14.6. The second-order valence-electron chi connectivity index (χ2n) is 6.88. The Morgan fingerprint density at radius 2 is 1.88 bits per heavy atom. The molecule has 3 rings (SSSR count). The van der Waals surface area contributed by atoms with Gasteiger partial charge in [-0.2, -0.15) is 0 Å². The van der Waals surface area contributed by atoms with E-state index in [9.17, 15) is 9.18 Å². The number of carbonyl (C=O) groups excluding carboxylic acids is 1. The summed E-state index contributed by atoms with van der Waals surface area (Å²) in [6.45, 7) is 0.760. The van der Waals surface area contributed by atoms with Crippen molar-refractivity contribution in [1.82, 2.24) is 10.3 Å². The molecule has 0 atom stereocenters. The third-order valence-electron chi connectivity index (χ3n) is 4.92. The third kappa shape index (κ3) is 5.38. The van der Waals surface area contributed by atoms with Crippen molar-refractivity contribution < 1.29 is 9.18 Å². The van der Waals surface area contributed by atoms with E-state index in [1.54, 1.807) is 18.3 Å². The van der Waals surface area contributed by atoms with Crippen molar-refractivity contribution >= 4 is 5.91 Å². The van der Waals surface area contributed by atoms with Gasteiger partial charge in [0.15, 0.2) is 0 Å². The summed E-state index contributed by atoms with van der Waals surface area (Å²) in [6.07, 6.45) is 9.83. The lowest BCUT2D eigenvalue weighted by atomic mass is 10.0. The monoisotopic (exact) mass is 340 g/mol. The van der Waals surface area contributed by atoms with Crippen LogP contribution >= 0.6 is 0 Å². The summed E-state index contributed by atoms with van der Waals surface area (Å²) >= 11 is 0. The Kier molecular flexibility index (Phi) is 6.15. The number of hydrogen-bond acceptors (Lipinski definition) is 2. The molecule has 2 aromatic rings. The van der Waals surface area contributed by atoms with E-state index < -0.39 is 0 Å². The van der Waals surface area contributed by atoms with Gasteiger partial charge in [-0.1, -0.05) is 31.7 Å². The molecule has 4 heteroatoms. The highest BCUT2D eigenvalue weighted by atomic mass is 19.1. The molecular weight excluding hydrogens is 315 g/mol. The first-order chi connectivity index (χ1) is 12.2. The van der Waals surface area contributed by atoms with Crippen LogP contribution in [0.25, 0.3) is 11.3 Å². The molecule has 1 aromatic heterocycles. The fraction of sp³-hybridized carbons (Fsp3) is 0.429. The summed E-state index contributed by atoms with van der Waals surface area (Å²) in [6, 6.07) is 10.0. The molecule has 0 bridgehead atoms. The summed E-state index contributed by atoms with van der Waals surface area (Å²) in [7, 11) is 0. The lowest BCUT2D eigenvalue weighted by Gasteiger charge is -2.09. The Balaban J connectivity index is 1.42. The Morgan fingerprint density at radius 1 is 1.12 bits per heavy atom. The molecule has 1 amide bonds. The van der Waals surface area contributed by atoms with E-state index in [4.69, 9.17) is 0 Å². The first-order valence-corrected chi connectivity index (χ1v) is 9.18. The lowest BCUT2D eigenvalue weighted by Crippen LogP contribution is -2.26. The minimum absolute atomic E-state index is 0.0442. The zero-order chi connectivity index (χ0) is 17.5. The van der Waals surface area contributed by atoms with Crippen LogP contribution in [0.15, 0.2) is 42.6 Å². The van der Waals surface area contributed by atoms with Gasteiger partial charge in [0.25, 0.3) is 0 Å². The van der Waals surface area contributed by atoms with Gasteiger partial charge >= 0.3 is 0 Å². The fourth-order valence-corrected chi connectivity index (χ4v) is 3.49. The number of pyridine rings is 1. The lowest BCUT2D eigenvalue weighted by molar-refractivity contribution is -0.120. The van der Waals surface area contributed by atoms with Gasteiger partial charge in [-0.25, -0.2) is 4.39 Å². The molecule has 1 aliphatic rings. The van der Waals surface area contributed by atoms with Crippen LogP contribution in [0.1, 0.15) is 44.1 Å². The summed E-state index contributed by atoms with van der Waals surface area (Å²) in [4.78, 5) is 16.4. The van der Waals surface area contributed by atoms with Gasteiger partial charge in [0.2, 0.25) is 5.91 Å². The number of rotatable bonds is 7. The van der Waals surface area contributed by atoms with Crippen LogP contribution in [-0.4, -0.2) is 17.4 Å². The molecular formula is C21H25FN2O. The number of aromatic nitrogens is 1. The van der Waals surface area contributed by atoms with Crippen molar-refractivity contribution in [2.24, 2.45) is 5.92 Å². The van der Waals surface area contributed by atoms with Gasteiger partial charge in [0.05, 0.1) is 12.1 Å². The second kappa shape index (κ2) is 8.75. The van der Waals surface area contributed by atoms with Crippen LogP contribution in [0.4, 0.5) is 4.39 Å². The van der Waals surface area contributed by atoms with E-state index in [2.05, 4.69) is 10.3 Å². The van der Waals surface area contributed by atoms with Gasteiger partial charge in [-0.3, -0.25) is 9.78 Å². The molecule has 0 unspecified atom stereocenters. The van der Waals surface area contributed by atoms with Gasteiger partial charge in [-0.15, -0.1) is 0 Å². The molecule has 1 heterocycles. The molecule has 1 saturated carbocycles. The fourth-order valence-electron chi connectivity index (χ4n) is 3.49. The van der Waals surface area contributed by atoms with Gasteiger partial charge in [0.1, 0.15) is 5.82 Å². The van der Waals surface area contributed by atoms with Crippen molar-refractivity contribution in [1.29, 1.82) is 0 Å². The van der Waals surface area contributed by atoms with Crippen LogP contribution < -0.4 is 5.32 Å². The van der Waals surface area contributed by atoms with Gasteiger partial charge in [-0.05, 0) is 54.7 Å². The zero-order valence-electron chi connectivity index (χ0n) is 14.5. The van der Waals surface area contributed by atoms with Crippen molar-refractivity contribution in [2.45, 2.75) is 44.9 Å². The molecule has 1 fully saturated rings. The average Bonchev–Trinajstić information content (AvgIpc) is 3.14. The summed E-state index contributed by atoms with van der Waals surface area (Å²) in [5.74, 6) is 0.660. The number of nitrogens with zero attached hydrogens (tertiary/aromatic N) is 1. The minimum atomic E-state index is -0.259. The first-order valence-electron chi connectivity index (χ1n) is 9.18. The topological polar surface area (TPSA) is 42.0 Å². The maximum Gasteiger partial charge on any atom is 0.224 e. The minimum Gasteiger partial charge on any atom is -0.356 e. The standard InChI is InChI=1S/C21H25FN2O/c22-19-10-8-18(9-11-19)20-12-7-17(15-24-20)14-21(25)23-13-3-6-16-4-1-2-5-16/h7-12,15-16H,1-6,13-14H2,(H,23,25). The molecule has 0 radical (unpaired) electrons. The maximum absolute atomic E-state index is 13.0. The van der Waals surface area contributed by atoms with Crippen molar-refractivity contribution in [3.63, 3.8) is 0 Å². The molecule has 25 heavy (non-hydrogen) atoms. The van der Waals surface area contributed by atoms with Crippen LogP contribution in [0.3, 0.4) is 0 Å². The number of amides is 1. The van der Waals surface area contributed by atoms with E-state index in [-0.39, 0.29) is 11.7 Å². The summed E-state index contributed by atoms with van der Waals surface area (Å²) < 4.78 is 13.0. The Bertz CT molecular complexity index is 676. The highest BCUT2D eigenvalue weighted by Gasteiger charge is 2.14. The largest absolute Gasteiger partial charge is 0.356 e. The van der Waals surface area contributed by atoms with Crippen LogP contribution in [-0.2, 0) is 11.2 Å². The van der Waals surface area contributed by atoms with Crippen LogP contribution in [0, 0.1) is 11.7 Å². The number of nitrogens with one attached hydrogen (secondary N) is 1. The molecule has 1 aromatic carbocycles. The third-order valence-corrected chi connectivity index (χ3v) is 4.92.